The fourth-order valence-electron chi connectivity index (χ4n) is 1.51. The molecule has 4 nitrogen and oxygen atoms in total. The highest BCUT2D eigenvalue weighted by molar-refractivity contribution is 5.93. The van der Waals surface area contributed by atoms with Gasteiger partial charge in [0.2, 0.25) is 0 Å². The van der Waals surface area contributed by atoms with Crippen molar-refractivity contribution in [2.24, 2.45) is 0 Å². The second-order valence-electron chi connectivity index (χ2n) is 3.33. The summed E-state index contributed by atoms with van der Waals surface area (Å²) in [6.07, 6.45) is 0.424. The molecule has 0 N–H and O–H groups in total. The second kappa shape index (κ2) is 4.42. The van der Waals surface area contributed by atoms with Crippen LogP contribution in [0.2, 0.25) is 0 Å². The first kappa shape index (κ1) is 10.1. The van der Waals surface area contributed by atoms with Crippen molar-refractivity contribution in [3.63, 3.8) is 0 Å². The van der Waals surface area contributed by atoms with Gasteiger partial charge in [0.1, 0.15) is 0 Å². The molecule has 1 unspecified atom stereocenters. The largest absolute Gasteiger partial charge is 0.353 e. The van der Waals surface area contributed by atoms with Crippen LogP contribution in [0.25, 0.3) is 0 Å². The highest BCUT2D eigenvalue weighted by Crippen LogP contribution is 2.16. The molecule has 1 amide bonds. The smallest absolute Gasteiger partial charge is 0.277 e. The molecule has 0 saturated carbocycles. The second-order valence-corrected chi connectivity index (χ2v) is 3.33. The van der Waals surface area contributed by atoms with Gasteiger partial charge in [0.15, 0.2) is 6.29 Å². The zero-order valence-corrected chi connectivity index (χ0v) is 8.55. The summed E-state index contributed by atoms with van der Waals surface area (Å²) in [6.45, 7) is 0.576. The lowest BCUT2D eigenvalue weighted by Gasteiger charge is -2.15. The van der Waals surface area contributed by atoms with E-state index in [1.165, 1.54) is 5.06 Å². The highest BCUT2D eigenvalue weighted by atomic mass is 16.8. The maximum Gasteiger partial charge on any atom is 0.277 e. The standard InChI is InChI=1S/C11H13NO3/c1-14-10-7-8-12(15-10)11(13)9-5-3-2-4-6-9/h2-6,10H,7-8H2,1H3. The van der Waals surface area contributed by atoms with E-state index >= 15 is 0 Å². The topological polar surface area (TPSA) is 38.8 Å². The van der Waals surface area contributed by atoms with E-state index in [-0.39, 0.29) is 12.2 Å². The number of benzene rings is 1. The van der Waals surface area contributed by atoms with E-state index < -0.39 is 0 Å². The van der Waals surface area contributed by atoms with Gasteiger partial charge in [-0.25, -0.2) is 9.90 Å². The van der Waals surface area contributed by atoms with Crippen molar-refractivity contribution in [3.8, 4) is 0 Å². The maximum absolute atomic E-state index is 11.9. The highest BCUT2D eigenvalue weighted by Gasteiger charge is 2.27. The van der Waals surface area contributed by atoms with E-state index in [4.69, 9.17) is 9.57 Å². The summed E-state index contributed by atoms with van der Waals surface area (Å²) in [5.74, 6) is -0.116. The first-order valence-electron chi connectivity index (χ1n) is 4.88. The minimum atomic E-state index is -0.294. The number of methoxy groups -OCH3 is 1. The Hall–Kier alpha value is -1.39. The van der Waals surface area contributed by atoms with Gasteiger partial charge in [-0.2, -0.15) is 0 Å². The average Bonchev–Trinajstić information content (AvgIpc) is 2.78. The zero-order valence-electron chi connectivity index (χ0n) is 8.55. The molecular weight excluding hydrogens is 194 g/mol. The lowest BCUT2D eigenvalue weighted by atomic mass is 10.2. The van der Waals surface area contributed by atoms with Crippen LogP contribution >= 0.6 is 0 Å². The quantitative estimate of drug-likeness (QED) is 0.736. The molecule has 15 heavy (non-hydrogen) atoms. The van der Waals surface area contributed by atoms with Crippen LogP contribution in [0.15, 0.2) is 30.3 Å². The lowest BCUT2D eigenvalue weighted by Crippen LogP contribution is -2.27. The third-order valence-electron chi connectivity index (χ3n) is 2.32. The van der Waals surface area contributed by atoms with Crippen molar-refractivity contribution in [2.75, 3.05) is 13.7 Å². The van der Waals surface area contributed by atoms with Gasteiger partial charge >= 0.3 is 0 Å². The van der Waals surface area contributed by atoms with Crippen molar-refractivity contribution in [2.45, 2.75) is 12.7 Å². The first-order chi connectivity index (χ1) is 7.31. The summed E-state index contributed by atoms with van der Waals surface area (Å²) >= 11 is 0. The molecule has 0 bridgehead atoms. The van der Waals surface area contributed by atoms with Crippen LogP contribution in [0.3, 0.4) is 0 Å². The predicted octanol–water partition coefficient (Wildman–Crippen LogP) is 1.44. The van der Waals surface area contributed by atoms with Crippen LogP contribution in [0.4, 0.5) is 0 Å². The fraction of sp³-hybridized carbons (Fsp3) is 0.364. The van der Waals surface area contributed by atoms with Crippen LogP contribution in [0.5, 0.6) is 0 Å². The van der Waals surface area contributed by atoms with Gasteiger partial charge in [-0.15, -0.1) is 0 Å². The molecule has 1 saturated heterocycles. The summed E-state index contributed by atoms with van der Waals surface area (Å²) in [6, 6.07) is 9.07. The summed E-state index contributed by atoms with van der Waals surface area (Å²) in [4.78, 5) is 17.1. The monoisotopic (exact) mass is 207 g/mol. The molecule has 2 rings (SSSR count). The molecule has 1 aromatic rings. The van der Waals surface area contributed by atoms with E-state index in [0.29, 0.717) is 12.1 Å². The van der Waals surface area contributed by atoms with Gasteiger partial charge in [-0.05, 0) is 12.1 Å². The van der Waals surface area contributed by atoms with Crippen LogP contribution in [-0.4, -0.2) is 30.9 Å². The van der Waals surface area contributed by atoms with E-state index in [2.05, 4.69) is 0 Å². The SMILES string of the molecule is COC1CCN(C(=O)c2ccccc2)O1. The first-order valence-corrected chi connectivity index (χ1v) is 4.88. The van der Waals surface area contributed by atoms with E-state index in [0.717, 1.165) is 6.42 Å². The molecule has 1 aliphatic rings. The Morgan fingerprint density at radius 2 is 2.20 bits per heavy atom. The van der Waals surface area contributed by atoms with Crippen molar-refractivity contribution in [3.05, 3.63) is 35.9 Å². The van der Waals surface area contributed by atoms with Gasteiger partial charge in [0.25, 0.3) is 5.91 Å². The molecule has 1 aromatic carbocycles. The van der Waals surface area contributed by atoms with Crippen molar-refractivity contribution in [1.29, 1.82) is 0 Å². The van der Waals surface area contributed by atoms with Gasteiger partial charge in [0, 0.05) is 19.1 Å². The van der Waals surface area contributed by atoms with Gasteiger partial charge in [0.05, 0.1) is 6.54 Å². The number of hydrogen-bond acceptors (Lipinski definition) is 3. The molecule has 1 heterocycles. The van der Waals surface area contributed by atoms with Crippen LogP contribution in [0.1, 0.15) is 16.8 Å². The molecule has 1 fully saturated rings. The molecule has 80 valence electrons. The van der Waals surface area contributed by atoms with Crippen molar-refractivity contribution >= 4 is 5.91 Å². The number of hydroxylamine groups is 2. The minimum absolute atomic E-state index is 0.116. The Bertz CT molecular complexity index is 339. The summed E-state index contributed by atoms with van der Waals surface area (Å²) in [7, 11) is 1.57. The third kappa shape index (κ3) is 2.16. The molecular formula is C11H13NO3. The molecule has 1 atom stereocenters. The minimum Gasteiger partial charge on any atom is -0.353 e. The van der Waals surface area contributed by atoms with E-state index in [9.17, 15) is 4.79 Å². The summed E-state index contributed by atoms with van der Waals surface area (Å²) in [5.41, 5.74) is 0.634. The van der Waals surface area contributed by atoms with Gasteiger partial charge in [-0.3, -0.25) is 4.79 Å². The number of nitrogens with zero attached hydrogens (tertiary/aromatic N) is 1. The van der Waals surface area contributed by atoms with E-state index in [1.807, 2.05) is 18.2 Å². The zero-order chi connectivity index (χ0) is 10.7. The summed E-state index contributed by atoms with van der Waals surface area (Å²) < 4.78 is 5.01. The number of ether oxygens (including phenoxy) is 1. The average molecular weight is 207 g/mol. The Labute approximate surface area is 88.4 Å². The molecule has 1 aliphatic heterocycles. The Balaban J connectivity index is 2.04. The molecule has 0 aromatic heterocycles. The van der Waals surface area contributed by atoms with Crippen LogP contribution in [-0.2, 0) is 9.57 Å². The third-order valence-corrected chi connectivity index (χ3v) is 2.32. The molecule has 0 spiro atoms. The normalized spacial score (nSPS) is 20.6. The van der Waals surface area contributed by atoms with Crippen molar-refractivity contribution < 1.29 is 14.4 Å². The Kier molecular flexibility index (Phi) is 2.99. The number of hydrogen-bond donors (Lipinski definition) is 0. The number of amides is 1. The molecule has 0 aliphatic carbocycles. The predicted molar refractivity (Wildman–Crippen MR) is 54.0 cm³/mol. The van der Waals surface area contributed by atoms with Crippen LogP contribution < -0.4 is 0 Å². The number of carbonyl (C=O) groups is 1. The summed E-state index contributed by atoms with van der Waals surface area (Å²) in [5, 5.41) is 1.35. The number of carbonyl (C=O) groups excluding carboxylic acids is 1. The lowest BCUT2D eigenvalue weighted by molar-refractivity contribution is -0.198. The van der Waals surface area contributed by atoms with Crippen molar-refractivity contribution in [1.82, 2.24) is 5.06 Å². The molecule has 4 heteroatoms. The number of rotatable bonds is 2. The Morgan fingerprint density at radius 1 is 1.47 bits per heavy atom. The van der Waals surface area contributed by atoms with Gasteiger partial charge < -0.3 is 4.74 Å². The maximum atomic E-state index is 11.9. The van der Waals surface area contributed by atoms with E-state index in [1.54, 1.807) is 19.2 Å². The fourth-order valence-corrected chi connectivity index (χ4v) is 1.51. The Morgan fingerprint density at radius 3 is 2.80 bits per heavy atom. The van der Waals surface area contributed by atoms with Crippen LogP contribution in [0, 0.1) is 0 Å². The molecule has 0 radical (unpaired) electrons. The van der Waals surface area contributed by atoms with Gasteiger partial charge in [-0.1, -0.05) is 18.2 Å².